The first-order valence-corrected chi connectivity index (χ1v) is 12.9. The van der Waals surface area contributed by atoms with Gasteiger partial charge in [-0.1, -0.05) is 18.5 Å². The molecule has 13 heteroatoms. The summed E-state index contributed by atoms with van der Waals surface area (Å²) < 4.78 is 46.3. The topological polar surface area (TPSA) is 133 Å². The Kier molecular flexibility index (Phi) is 6.16. The predicted octanol–water partition coefficient (Wildman–Crippen LogP) is 2.49. The lowest BCUT2D eigenvalue weighted by molar-refractivity contribution is 0.00361. The second-order valence-corrected chi connectivity index (χ2v) is 11.1. The lowest BCUT2D eigenvalue weighted by atomic mass is 9.86. The van der Waals surface area contributed by atoms with Crippen LogP contribution in [0.2, 0.25) is 5.15 Å². The molecule has 10 nitrogen and oxygen atoms in total. The van der Waals surface area contributed by atoms with Crippen LogP contribution < -0.4 is 0 Å². The van der Waals surface area contributed by atoms with Gasteiger partial charge in [0.15, 0.2) is 16.7 Å². The number of imidazole rings is 1. The number of aliphatic hydroxyl groups excluding tert-OH is 1. The first-order chi connectivity index (χ1) is 16.6. The number of H-pyrrole nitrogens is 1. The maximum absolute atomic E-state index is 13.2. The fourth-order valence-corrected chi connectivity index (χ4v) is 6.22. The van der Waals surface area contributed by atoms with Gasteiger partial charge in [0, 0.05) is 32.1 Å². The van der Waals surface area contributed by atoms with E-state index in [1.165, 1.54) is 33.5 Å². The Bertz CT molecular complexity index is 1350. The highest BCUT2D eigenvalue weighted by Crippen LogP contribution is 2.38. The number of carbonyl (C=O) groups excluding carboxylic acids is 1. The summed E-state index contributed by atoms with van der Waals surface area (Å²) >= 11 is 6.39. The summed E-state index contributed by atoms with van der Waals surface area (Å²) in [5, 5.41) is 9.35. The van der Waals surface area contributed by atoms with Crippen LogP contribution in [0.15, 0.2) is 40.0 Å². The Labute approximate surface area is 205 Å². The number of nitrogens with one attached hydrogen (secondary N) is 1. The van der Waals surface area contributed by atoms with Gasteiger partial charge in [-0.2, -0.15) is 4.31 Å². The van der Waals surface area contributed by atoms with E-state index in [1.807, 2.05) is 6.92 Å². The van der Waals surface area contributed by atoms with Crippen LogP contribution in [0.1, 0.15) is 35.5 Å². The zero-order valence-electron chi connectivity index (χ0n) is 18.7. The number of sulfonamides is 1. The summed E-state index contributed by atoms with van der Waals surface area (Å²) in [4.78, 5) is 25.2. The number of amides is 1. The fraction of sp³-hybridized carbons (Fsp3) is 0.409. The molecule has 2 saturated heterocycles. The minimum Gasteiger partial charge on any atom is -0.438 e. The quantitative estimate of drug-likeness (QED) is 0.525. The molecule has 0 aliphatic carbocycles. The monoisotopic (exact) mass is 523 g/mol. The molecule has 0 unspecified atom stereocenters. The van der Waals surface area contributed by atoms with E-state index in [-0.39, 0.29) is 54.0 Å². The van der Waals surface area contributed by atoms with Crippen LogP contribution in [-0.4, -0.2) is 75.9 Å². The van der Waals surface area contributed by atoms with E-state index in [4.69, 9.17) is 16.0 Å². The summed E-state index contributed by atoms with van der Waals surface area (Å²) in [6.45, 7) is 2.75. The van der Waals surface area contributed by atoms with Crippen molar-refractivity contribution in [2.45, 2.75) is 30.5 Å². The number of rotatable bonds is 5. The first kappa shape index (κ1) is 23.9. The standard InChI is InChI=1S/C22H23ClFN5O5S/c1-12-9-29(35(32,33)18-5-4-17(34-18)22(31)28-10-14(30)11-28)7-6-15(12)19-20(23)27-21(26-19)16-3-2-13(24)8-25-16/h2-5,8,12,14-15,30H,6-7,9-11H2,1H3,(H,26,27)/t12-,15+/m0/s1. The van der Waals surface area contributed by atoms with Gasteiger partial charge in [0.1, 0.15) is 11.5 Å². The van der Waals surface area contributed by atoms with E-state index in [1.54, 1.807) is 0 Å². The van der Waals surface area contributed by atoms with Crippen LogP contribution >= 0.6 is 11.6 Å². The minimum absolute atomic E-state index is 0.0791. The third-order valence-electron chi connectivity index (χ3n) is 6.43. The van der Waals surface area contributed by atoms with Crippen molar-refractivity contribution in [2.24, 2.45) is 5.92 Å². The molecule has 35 heavy (non-hydrogen) atoms. The molecular weight excluding hydrogens is 501 g/mol. The maximum Gasteiger partial charge on any atom is 0.289 e. The molecule has 2 fully saturated rings. The second kappa shape index (κ2) is 9.01. The number of aliphatic hydroxyl groups is 1. The smallest absolute Gasteiger partial charge is 0.289 e. The number of β-amino-alcohol motifs (C(OH)–C–C–N with tert-alkyl or cyclic N) is 1. The van der Waals surface area contributed by atoms with Crippen molar-refractivity contribution in [1.82, 2.24) is 24.2 Å². The zero-order chi connectivity index (χ0) is 24.9. The molecule has 2 atom stereocenters. The highest BCUT2D eigenvalue weighted by molar-refractivity contribution is 7.89. The molecule has 0 spiro atoms. The number of aromatic amines is 1. The zero-order valence-corrected chi connectivity index (χ0v) is 20.3. The number of nitrogens with zero attached hydrogens (tertiary/aromatic N) is 4. The first-order valence-electron chi connectivity index (χ1n) is 11.1. The SMILES string of the molecule is C[C@H]1CN(S(=O)(=O)c2ccc(C(=O)N3CC(O)C3)o2)CC[C@H]1c1[nH]c(-c2ccc(F)cn2)nc1Cl. The van der Waals surface area contributed by atoms with Crippen LogP contribution in [0.5, 0.6) is 0 Å². The molecule has 0 saturated carbocycles. The summed E-state index contributed by atoms with van der Waals surface area (Å²) in [5.74, 6) is -0.768. The Morgan fingerprint density at radius 1 is 1.26 bits per heavy atom. The van der Waals surface area contributed by atoms with Crippen molar-refractivity contribution >= 4 is 27.5 Å². The highest BCUT2D eigenvalue weighted by Gasteiger charge is 2.38. The number of piperidine rings is 1. The summed E-state index contributed by atoms with van der Waals surface area (Å²) in [6, 6.07) is 5.40. The normalized spacial score (nSPS) is 21.8. The predicted molar refractivity (Wildman–Crippen MR) is 123 cm³/mol. The van der Waals surface area contributed by atoms with E-state index in [9.17, 15) is 22.7 Å². The molecule has 0 radical (unpaired) electrons. The van der Waals surface area contributed by atoms with Gasteiger partial charge in [-0.15, -0.1) is 0 Å². The van der Waals surface area contributed by atoms with E-state index < -0.39 is 27.9 Å². The summed E-state index contributed by atoms with van der Waals surface area (Å²) in [7, 11) is -3.95. The van der Waals surface area contributed by atoms with Gasteiger partial charge in [-0.05, 0) is 36.6 Å². The lowest BCUT2D eigenvalue weighted by Crippen LogP contribution is -2.53. The third kappa shape index (κ3) is 4.46. The van der Waals surface area contributed by atoms with Gasteiger partial charge in [-0.25, -0.2) is 22.8 Å². The third-order valence-corrected chi connectivity index (χ3v) is 8.46. The van der Waals surface area contributed by atoms with Gasteiger partial charge < -0.3 is 19.4 Å². The maximum atomic E-state index is 13.2. The van der Waals surface area contributed by atoms with Gasteiger partial charge >= 0.3 is 0 Å². The molecule has 5 rings (SSSR count). The van der Waals surface area contributed by atoms with Crippen molar-refractivity contribution < 1.29 is 27.1 Å². The molecule has 2 N–H and O–H groups in total. The minimum atomic E-state index is -3.95. The number of hydrogen-bond acceptors (Lipinski definition) is 7. The average Bonchev–Trinajstić information content (AvgIpc) is 3.45. The van der Waals surface area contributed by atoms with Crippen molar-refractivity contribution in [3.05, 3.63) is 52.9 Å². The van der Waals surface area contributed by atoms with Gasteiger partial charge in [0.2, 0.25) is 5.09 Å². The van der Waals surface area contributed by atoms with Gasteiger partial charge in [-0.3, -0.25) is 4.79 Å². The molecule has 2 aliphatic rings. The van der Waals surface area contributed by atoms with Crippen molar-refractivity contribution in [3.8, 4) is 11.5 Å². The number of pyridine rings is 1. The van der Waals surface area contributed by atoms with Crippen LogP contribution in [0.4, 0.5) is 4.39 Å². The Hall–Kier alpha value is -2.80. The number of aromatic nitrogens is 3. The van der Waals surface area contributed by atoms with Crippen molar-refractivity contribution in [2.75, 3.05) is 26.2 Å². The molecule has 0 bridgehead atoms. The Morgan fingerprint density at radius 2 is 2.03 bits per heavy atom. The largest absolute Gasteiger partial charge is 0.438 e. The molecule has 2 aliphatic heterocycles. The van der Waals surface area contributed by atoms with Crippen molar-refractivity contribution in [1.29, 1.82) is 0 Å². The summed E-state index contributed by atoms with van der Waals surface area (Å²) in [6.07, 6.45) is 1.01. The number of halogens is 2. The van der Waals surface area contributed by atoms with E-state index >= 15 is 0 Å². The Balaban J connectivity index is 1.29. The van der Waals surface area contributed by atoms with Crippen LogP contribution in [-0.2, 0) is 10.0 Å². The number of hydrogen-bond donors (Lipinski definition) is 2. The number of furan rings is 1. The van der Waals surface area contributed by atoms with Crippen molar-refractivity contribution in [3.63, 3.8) is 0 Å². The molecule has 5 heterocycles. The Morgan fingerprint density at radius 3 is 2.69 bits per heavy atom. The second-order valence-electron chi connectivity index (χ2n) is 8.87. The number of carbonyl (C=O) groups is 1. The molecule has 3 aromatic heterocycles. The molecule has 0 aromatic carbocycles. The molecule has 186 valence electrons. The molecular formula is C22H23ClFN5O5S. The van der Waals surface area contributed by atoms with E-state index in [2.05, 4.69) is 15.0 Å². The van der Waals surface area contributed by atoms with E-state index in [0.717, 1.165) is 6.20 Å². The van der Waals surface area contributed by atoms with Crippen LogP contribution in [0.3, 0.4) is 0 Å². The highest BCUT2D eigenvalue weighted by atomic mass is 35.5. The van der Waals surface area contributed by atoms with Gasteiger partial charge in [0.05, 0.1) is 18.0 Å². The van der Waals surface area contributed by atoms with Crippen LogP contribution in [0.25, 0.3) is 11.5 Å². The lowest BCUT2D eigenvalue weighted by Gasteiger charge is -2.35. The number of likely N-dealkylation sites (tertiary alicyclic amines) is 1. The average molecular weight is 524 g/mol. The van der Waals surface area contributed by atoms with Gasteiger partial charge in [0.25, 0.3) is 15.9 Å². The summed E-state index contributed by atoms with van der Waals surface area (Å²) in [5.41, 5.74) is 1.13. The fourth-order valence-electron chi connectivity index (χ4n) is 4.48. The molecule has 3 aromatic rings. The van der Waals surface area contributed by atoms with E-state index in [0.29, 0.717) is 23.6 Å². The molecule has 1 amide bonds. The van der Waals surface area contributed by atoms with Crippen LogP contribution in [0, 0.1) is 11.7 Å².